The lowest BCUT2D eigenvalue weighted by atomic mass is 9.70. The number of ketones is 1. The van der Waals surface area contributed by atoms with Crippen molar-refractivity contribution in [2.75, 3.05) is 0 Å². The molecule has 0 amide bonds. The normalized spacial score (nSPS) is 13.5. The number of carbonyl (C=O) groups is 1. The summed E-state index contributed by atoms with van der Waals surface area (Å²) in [6.45, 7) is 6.45. The first-order chi connectivity index (χ1) is 15.5. The molecule has 0 spiro atoms. The van der Waals surface area contributed by atoms with Gasteiger partial charge in [0.1, 0.15) is 5.71 Å². The molecule has 1 aliphatic carbocycles. The Bertz CT molecular complexity index is 1150. The van der Waals surface area contributed by atoms with Gasteiger partial charge in [-0.25, -0.2) is 0 Å². The number of hydrogen-bond acceptors (Lipinski definition) is 2. The summed E-state index contributed by atoms with van der Waals surface area (Å²) in [5.74, 6) is -0.196. The molecule has 0 aromatic heterocycles. The second-order valence-corrected chi connectivity index (χ2v) is 9.11. The van der Waals surface area contributed by atoms with Crippen LogP contribution in [0, 0.1) is 12.3 Å². The predicted octanol–water partition coefficient (Wildman–Crippen LogP) is 7.89. The van der Waals surface area contributed by atoms with Gasteiger partial charge in [-0.2, -0.15) is 0 Å². The van der Waals surface area contributed by atoms with Gasteiger partial charge in [0.2, 0.25) is 5.78 Å². The van der Waals surface area contributed by atoms with Crippen LogP contribution in [0.25, 0.3) is 11.1 Å². The summed E-state index contributed by atoms with van der Waals surface area (Å²) in [6.07, 6.45) is 6.83. The van der Waals surface area contributed by atoms with E-state index in [0.717, 1.165) is 44.1 Å². The van der Waals surface area contributed by atoms with Crippen molar-refractivity contribution in [3.8, 4) is 11.1 Å². The number of Topliss-reactive ketones (excluding diaryl/α,β-unsaturated/α-hetero) is 1. The van der Waals surface area contributed by atoms with Crippen LogP contribution >= 0.6 is 0 Å². The molecule has 1 N–H and O–H groups in total. The average Bonchev–Trinajstić information content (AvgIpc) is 3.10. The highest BCUT2D eigenvalue weighted by Gasteiger charge is 2.42. The van der Waals surface area contributed by atoms with Crippen LogP contribution < -0.4 is 0 Å². The van der Waals surface area contributed by atoms with Crippen LogP contribution in [0.5, 0.6) is 0 Å². The van der Waals surface area contributed by atoms with Gasteiger partial charge < -0.3 is 0 Å². The summed E-state index contributed by atoms with van der Waals surface area (Å²) >= 11 is 0. The summed E-state index contributed by atoms with van der Waals surface area (Å²) in [5, 5.41) is 8.61. The fourth-order valence-electron chi connectivity index (χ4n) is 5.34. The lowest BCUT2D eigenvalue weighted by Crippen LogP contribution is -2.26. The molecule has 0 aliphatic heterocycles. The molecule has 1 aliphatic rings. The lowest BCUT2D eigenvalue weighted by molar-refractivity contribution is 0.106. The van der Waals surface area contributed by atoms with Crippen molar-refractivity contribution in [3.63, 3.8) is 0 Å². The van der Waals surface area contributed by atoms with Crippen molar-refractivity contribution < 1.29 is 4.79 Å². The van der Waals surface area contributed by atoms with Gasteiger partial charge in [-0.1, -0.05) is 100 Å². The summed E-state index contributed by atoms with van der Waals surface area (Å²) in [5.41, 5.74) is 7.59. The van der Waals surface area contributed by atoms with Crippen molar-refractivity contribution in [2.24, 2.45) is 0 Å². The Morgan fingerprint density at radius 3 is 2.12 bits per heavy atom. The number of fused-ring (bicyclic) bond motifs is 3. The third-order valence-electron chi connectivity index (χ3n) is 7.09. The van der Waals surface area contributed by atoms with Crippen LogP contribution in [0.2, 0.25) is 0 Å². The van der Waals surface area contributed by atoms with Crippen molar-refractivity contribution in [2.45, 2.75) is 64.7 Å². The molecule has 2 nitrogen and oxygen atoms in total. The first kappa shape index (κ1) is 22.2. The molecule has 3 aromatic rings. The molecule has 0 unspecified atom stereocenters. The molecule has 0 bridgehead atoms. The maximum atomic E-state index is 13.4. The maximum Gasteiger partial charge on any atom is 0.211 e. The van der Waals surface area contributed by atoms with Crippen LogP contribution in [-0.2, 0) is 5.41 Å². The van der Waals surface area contributed by atoms with Gasteiger partial charge in [0.05, 0.1) is 0 Å². The molecule has 2 heteroatoms. The molecule has 0 saturated carbocycles. The Hall–Kier alpha value is -3.00. The van der Waals surface area contributed by atoms with Gasteiger partial charge in [-0.3, -0.25) is 10.2 Å². The number of rotatable bonds is 9. The van der Waals surface area contributed by atoms with Crippen molar-refractivity contribution in [1.29, 1.82) is 5.41 Å². The molecule has 4 rings (SSSR count). The molecule has 164 valence electrons. The molecule has 0 atom stereocenters. The van der Waals surface area contributed by atoms with Crippen molar-refractivity contribution in [1.82, 2.24) is 0 Å². The van der Waals surface area contributed by atoms with E-state index in [2.05, 4.69) is 50.2 Å². The summed E-state index contributed by atoms with van der Waals surface area (Å²) in [6, 6.07) is 22.6. The van der Waals surface area contributed by atoms with E-state index in [1.165, 1.54) is 22.3 Å². The zero-order valence-corrected chi connectivity index (χ0v) is 19.5. The quantitative estimate of drug-likeness (QED) is 0.276. The molecule has 0 radical (unpaired) electrons. The SMILES string of the molecule is CCCCC1(CCCC)c2ccccc2-c2ccc(C(=O)C(=N)c3ccccc3C)cc21. The largest absolute Gasteiger partial charge is 0.296 e. The first-order valence-corrected chi connectivity index (χ1v) is 12.0. The van der Waals surface area contributed by atoms with E-state index in [4.69, 9.17) is 5.41 Å². The Morgan fingerprint density at radius 1 is 0.812 bits per heavy atom. The average molecular weight is 424 g/mol. The fourth-order valence-corrected chi connectivity index (χ4v) is 5.34. The third kappa shape index (κ3) is 3.72. The molecule has 0 fully saturated rings. The first-order valence-electron chi connectivity index (χ1n) is 12.0. The van der Waals surface area contributed by atoms with Gasteiger partial charge in [0.15, 0.2) is 0 Å². The van der Waals surface area contributed by atoms with E-state index in [0.29, 0.717) is 11.1 Å². The highest BCUT2D eigenvalue weighted by molar-refractivity contribution is 6.50. The van der Waals surface area contributed by atoms with Crippen LogP contribution in [-0.4, -0.2) is 11.5 Å². The monoisotopic (exact) mass is 423 g/mol. The molecule has 0 saturated heterocycles. The number of unbranched alkanes of at least 4 members (excludes halogenated alkanes) is 2. The smallest absolute Gasteiger partial charge is 0.211 e. The van der Waals surface area contributed by atoms with Gasteiger partial charge in [0, 0.05) is 16.5 Å². The highest BCUT2D eigenvalue weighted by Crippen LogP contribution is 2.54. The van der Waals surface area contributed by atoms with Crippen molar-refractivity contribution >= 4 is 11.5 Å². The molecular formula is C30H33NO. The summed E-state index contributed by atoms with van der Waals surface area (Å²) < 4.78 is 0. The zero-order valence-electron chi connectivity index (χ0n) is 19.5. The Morgan fingerprint density at radius 2 is 1.44 bits per heavy atom. The minimum atomic E-state index is -0.196. The molecule has 0 heterocycles. The van der Waals surface area contributed by atoms with Crippen LogP contribution in [0.15, 0.2) is 66.7 Å². The van der Waals surface area contributed by atoms with E-state index in [1.807, 2.05) is 37.3 Å². The Kier molecular flexibility index (Phi) is 6.41. The summed E-state index contributed by atoms with van der Waals surface area (Å²) in [4.78, 5) is 13.4. The standard InChI is InChI=1S/C30H33NO/c1-4-6-18-30(19-7-5-2)26-15-11-10-14-24(26)25-17-16-22(20-27(25)30)29(32)28(31)23-13-9-8-12-21(23)3/h8-17,20,31H,4-7,18-19H2,1-3H3. The number of nitrogens with one attached hydrogen (secondary N) is 1. The third-order valence-corrected chi connectivity index (χ3v) is 7.09. The van der Waals surface area contributed by atoms with E-state index in [9.17, 15) is 4.79 Å². The summed E-state index contributed by atoms with van der Waals surface area (Å²) in [7, 11) is 0. The number of hydrogen-bond donors (Lipinski definition) is 1. The van der Waals surface area contributed by atoms with Gasteiger partial charge in [-0.15, -0.1) is 0 Å². The van der Waals surface area contributed by atoms with Crippen LogP contribution in [0.3, 0.4) is 0 Å². The van der Waals surface area contributed by atoms with E-state index in [1.54, 1.807) is 0 Å². The van der Waals surface area contributed by atoms with Gasteiger partial charge >= 0.3 is 0 Å². The Labute approximate surface area is 192 Å². The minimum Gasteiger partial charge on any atom is -0.296 e. The van der Waals surface area contributed by atoms with E-state index >= 15 is 0 Å². The number of carbonyl (C=O) groups excluding carboxylic acids is 1. The predicted molar refractivity (Wildman–Crippen MR) is 134 cm³/mol. The minimum absolute atomic E-state index is 0.0426. The van der Waals surface area contributed by atoms with Crippen LogP contribution in [0.4, 0.5) is 0 Å². The molecule has 3 aromatic carbocycles. The van der Waals surface area contributed by atoms with E-state index < -0.39 is 0 Å². The Balaban J connectivity index is 1.82. The maximum absolute atomic E-state index is 13.4. The zero-order chi connectivity index (χ0) is 22.7. The van der Waals surface area contributed by atoms with E-state index in [-0.39, 0.29) is 16.9 Å². The molecular weight excluding hydrogens is 390 g/mol. The van der Waals surface area contributed by atoms with Gasteiger partial charge in [-0.05, 0) is 53.6 Å². The second-order valence-electron chi connectivity index (χ2n) is 9.11. The fraction of sp³-hybridized carbons (Fsp3) is 0.333. The number of aryl methyl sites for hydroxylation is 1. The van der Waals surface area contributed by atoms with Crippen molar-refractivity contribution in [3.05, 3.63) is 94.5 Å². The lowest BCUT2D eigenvalue weighted by Gasteiger charge is -2.33. The second kappa shape index (κ2) is 9.24. The highest BCUT2D eigenvalue weighted by atomic mass is 16.1. The molecule has 32 heavy (non-hydrogen) atoms. The van der Waals surface area contributed by atoms with Crippen LogP contribution in [0.1, 0.15) is 85.0 Å². The topological polar surface area (TPSA) is 40.9 Å². The van der Waals surface area contributed by atoms with Gasteiger partial charge in [0.25, 0.3) is 0 Å². The number of benzene rings is 3.